The van der Waals surface area contributed by atoms with Gasteiger partial charge in [-0.2, -0.15) is 0 Å². The summed E-state index contributed by atoms with van der Waals surface area (Å²) in [4.78, 5) is 0. The third-order valence-corrected chi connectivity index (χ3v) is 2.94. The van der Waals surface area contributed by atoms with Crippen LogP contribution in [0, 0.1) is 5.82 Å². The quantitative estimate of drug-likeness (QED) is 0.898. The van der Waals surface area contributed by atoms with Crippen LogP contribution in [0.4, 0.5) is 4.39 Å². The molecule has 4 heteroatoms. The van der Waals surface area contributed by atoms with Crippen molar-refractivity contribution >= 4 is 26.9 Å². The van der Waals surface area contributed by atoms with Crippen molar-refractivity contribution < 1.29 is 8.81 Å². The second-order valence-corrected chi connectivity index (χ2v) is 6.04. The number of hydrogen-bond acceptors (Lipinski definition) is 2. The zero-order valence-corrected chi connectivity index (χ0v) is 11.7. The zero-order chi connectivity index (χ0) is 12.6. The maximum atomic E-state index is 13.6. The molecule has 2 rings (SSSR count). The van der Waals surface area contributed by atoms with Crippen LogP contribution >= 0.6 is 15.9 Å². The first-order valence-electron chi connectivity index (χ1n) is 5.47. The number of rotatable bonds is 2. The lowest BCUT2D eigenvalue weighted by Gasteiger charge is -2.19. The van der Waals surface area contributed by atoms with Gasteiger partial charge in [-0.3, -0.25) is 0 Å². The third kappa shape index (κ3) is 2.87. The Hall–Kier alpha value is -0.870. The molecule has 0 radical (unpaired) electrons. The lowest BCUT2D eigenvalue weighted by Crippen LogP contribution is -2.34. The van der Waals surface area contributed by atoms with E-state index in [1.807, 2.05) is 6.07 Å². The lowest BCUT2D eigenvalue weighted by molar-refractivity contribution is 0.423. The molecule has 0 aliphatic heterocycles. The number of hydrogen-bond donors (Lipinski definition) is 1. The highest BCUT2D eigenvalue weighted by Crippen LogP contribution is 2.28. The average molecular weight is 300 g/mol. The maximum absolute atomic E-state index is 13.6. The molecule has 17 heavy (non-hydrogen) atoms. The molecule has 2 nitrogen and oxygen atoms in total. The van der Waals surface area contributed by atoms with E-state index in [0.29, 0.717) is 12.1 Å². The van der Waals surface area contributed by atoms with Crippen LogP contribution in [0.5, 0.6) is 0 Å². The van der Waals surface area contributed by atoms with Gasteiger partial charge in [0.05, 0.1) is 6.26 Å². The first-order chi connectivity index (χ1) is 7.87. The Labute approximate surface area is 108 Å². The van der Waals surface area contributed by atoms with Gasteiger partial charge in [0.2, 0.25) is 0 Å². The predicted molar refractivity (Wildman–Crippen MR) is 70.5 cm³/mol. The van der Waals surface area contributed by atoms with Gasteiger partial charge in [-0.15, -0.1) is 0 Å². The van der Waals surface area contributed by atoms with E-state index in [4.69, 9.17) is 4.42 Å². The van der Waals surface area contributed by atoms with Gasteiger partial charge in [-0.05, 0) is 32.9 Å². The molecule has 0 saturated heterocycles. The Morgan fingerprint density at radius 1 is 1.35 bits per heavy atom. The van der Waals surface area contributed by atoms with Crippen molar-refractivity contribution in [3.63, 3.8) is 0 Å². The van der Waals surface area contributed by atoms with Crippen molar-refractivity contribution in [3.05, 3.63) is 34.2 Å². The Morgan fingerprint density at radius 3 is 2.71 bits per heavy atom. The van der Waals surface area contributed by atoms with Crippen LogP contribution in [0.25, 0.3) is 11.0 Å². The molecular formula is C13H15BrFNO. The van der Waals surface area contributed by atoms with Crippen LogP contribution in [0.15, 0.2) is 27.3 Å². The Kier molecular flexibility index (Phi) is 3.27. The number of fused-ring (bicyclic) bond motifs is 1. The van der Waals surface area contributed by atoms with Gasteiger partial charge in [0.1, 0.15) is 0 Å². The maximum Gasteiger partial charge on any atom is 0.169 e. The van der Waals surface area contributed by atoms with Gasteiger partial charge >= 0.3 is 0 Å². The molecule has 0 aliphatic rings. The van der Waals surface area contributed by atoms with E-state index in [-0.39, 0.29) is 11.4 Å². The monoisotopic (exact) mass is 299 g/mol. The summed E-state index contributed by atoms with van der Waals surface area (Å²) < 4.78 is 19.6. The highest BCUT2D eigenvalue weighted by atomic mass is 79.9. The average Bonchev–Trinajstić information content (AvgIpc) is 2.57. The fourth-order valence-corrected chi connectivity index (χ4v) is 2.04. The Balaban J connectivity index is 2.36. The minimum Gasteiger partial charge on any atom is -0.461 e. The highest BCUT2D eigenvalue weighted by molar-refractivity contribution is 9.10. The SMILES string of the molecule is CC(C)(C)NCc1coc2c(F)cc(Br)cc12. The summed E-state index contributed by atoms with van der Waals surface area (Å²) in [7, 11) is 0. The van der Waals surface area contributed by atoms with Gasteiger partial charge in [0.15, 0.2) is 11.4 Å². The van der Waals surface area contributed by atoms with Crippen LogP contribution in [-0.2, 0) is 6.54 Å². The second-order valence-electron chi connectivity index (χ2n) is 5.13. The molecule has 0 aliphatic carbocycles. The van der Waals surface area contributed by atoms with Crippen molar-refractivity contribution in [2.75, 3.05) is 0 Å². The van der Waals surface area contributed by atoms with E-state index in [1.54, 1.807) is 6.26 Å². The summed E-state index contributed by atoms with van der Waals surface area (Å²) in [6, 6.07) is 3.29. The summed E-state index contributed by atoms with van der Waals surface area (Å²) in [6.07, 6.45) is 1.61. The summed E-state index contributed by atoms with van der Waals surface area (Å²) in [5, 5.41) is 4.17. The molecule has 0 unspecified atom stereocenters. The van der Waals surface area contributed by atoms with Crippen LogP contribution in [0.1, 0.15) is 26.3 Å². The molecule has 92 valence electrons. The van der Waals surface area contributed by atoms with Gasteiger partial charge < -0.3 is 9.73 Å². The fraction of sp³-hybridized carbons (Fsp3) is 0.385. The Morgan fingerprint density at radius 2 is 2.06 bits per heavy atom. The molecule has 1 aromatic carbocycles. The molecule has 0 fully saturated rings. The summed E-state index contributed by atoms with van der Waals surface area (Å²) >= 11 is 3.29. The van der Waals surface area contributed by atoms with Crippen molar-refractivity contribution in [1.29, 1.82) is 0 Å². The Bertz CT molecular complexity index is 542. The van der Waals surface area contributed by atoms with Gasteiger partial charge in [0.25, 0.3) is 0 Å². The van der Waals surface area contributed by atoms with Crippen LogP contribution in [0.3, 0.4) is 0 Å². The van der Waals surface area contributed by atoms with E-state index in [9.17, 15) is 4.39 Å². The van der Waals surface area contributed by atoms with E-state index in [0.717, 1.165) is 15.4 Å². The first kappa shape index (κ1) is 12.6. The minimum absolute atomic E-state index is 0.0220. The smallest absolute Gasteiger partial charge is 0.169 e. The molecule has 1 aromatic heterocycles. The molecule has 0 atom stereocenters. The van der Waals surface area contributed by atoms with Crippen LogP contribution in [-0.4, -0.2) is 5.54 Å². The van der Waals surface area contributed by atoms with Crippen molar-refractivity contribution in [2.45, 2.75) is 32.9 Å². The zero-order valence-electron chi connectivity index (χ0n) is 10.1. The lowest BCUT2D eigenvalue weighted by atomic mass is 10.1. The third-order valence-electron chi connectivity index (χ3n) is 2.48. The van der Waals surface area contributed by atoms with Crippen molar-refractivity contribution in [1.82, 2.24) is 5.32 Å². The minimum atomic E-state index is -0.337. The van der Waals surface area contributed by atoms with Crippen molar-refractivity contribution in [3.8, 4) is 0 Å². The van der Waals surface area contributed by atoms with E-state index < -0.39 is 0 Å². The van der Waals surface area contributed by atoms with Gasteiger partial charge in [-0.1, -0.05) is 15.9 Å². The molecule has 0 amide bonds. The summed E-state index contributed by atoms with van der Waals surface area (Å²) in [5.41, 5.74) is 1.31. The summed E-state index contributed by atoms with van der Waals surface area (Å²) in [6.45, 7) is 6.93. The van der Waals surface area contributed by atoms with E-state index >= 15 is 0 Å². The predicted octanol–water partition coefficient (Wildman–Crippen LogP) is 4.22. The van der Waals surface area contributed by atoms with Crippen LogP contribution < -0.4 is 5.32 Å². The second kappa shape index (κ2) is 4.42. The van der Waals surface area contributed by atoms with E-state index in [2.05, 4.69) is 42.0 Å². The standard InChI is InChI=1S/C13H15BrFNO/c1-13(2,3)16-6-8-7-17-12-10(8)4-9(14)5-11(12)15/h4-5,7,16H,6H2,1-3H3. The highest BCUT2D eigenvalue weighted by Gasteiger charge is 2.14. The topological polar surface area (TPSA) is 25.2 Å². The van der Waals surface area contributed by atoms with Gasteiger partial charge in [0, 0.05) is 27.5 Å². The number of furan rings is 1. The number of benzene rings is 1. The molecule has 2 aromatic rings. The number of halogens is 2. The fourth-order valence-electron chi connectivity index (χ4n) is 1.61. The molecule has 0 saturated carbocycles. The molecule has 0 spiro atoms. The molecule has 1 N–H and O–H groups in total. The van der Waals surface area contributed by atoms with Gasteiger partial charge in [-0.25, -0.2) is 4.39 Å². The normalized spacial score (nSPS) is 12.3. The van der Waals surface area contributed by atoms with Crippen molar-refractivity contribution in [2.24, 2.45) is 0 Å². The molecular weight excluding hydrogens is 285 g/mol. The van der Waals surface area contributed by atoms with Crippen LogP contribution in [0.2, 0.25) is 0 Å². The molecule has 0 bridgehead atoms. The number of nitrogens with one attached hydrogen (secondary N) is 1. The molecule has 1 heterocycles. The first-order valence-corrected chi connectivity index (χ1v) is 6.26. The summed E-state index contributed by atoms with van der Waals surface area (Å²) in [5.74, 6) is -0.337. The van der Waals surface area contributed by atoms with E-state index in [1.165, 1.54) is 6.07 Å². The largest absolute Gasteiger partial charge is 0.461 e.